The van der Waals surface area contributed by atoms with Crippen molar-refractivity contribution < 1.29 is 9.53 Å². The number of hydrogen-bond donors (Lipinski definition) is 1. The quantitative estimate of drug-likeness (QED) is 0.680. The van der Waals surface area contributed by atoms with Crippen LogP contribution >= 0.6 is 0 Å². The maximum atomic E-state index is 13.2. The molecule has 1 saturated heterocycles. The summed E-state index contributed by atoms with van der Waals surface area (Å²) in [5, 5.41) is 3.26. The first kappa shape index (κ1) is 19.0. The molecule has 1 aromatic heterocycles. The van der Waals surface area contributed by atoms with Crippen molar-refractivity contribution in [3.05, 3.63) is 84.1 Å². The van der Waals surface area contributed by atoms with Crippen molar-refractivity contribution in [2.45, 2.75) is 18.8 Å². The van der Waals surface area contributed by atoms with Gasteiger partial charge in [0.1, 0.15) is 11.6 Å². The fourth-order valence-electron chi connectivity index (χ4n) is 3.80. The number of benzene rings is 2. The minimum Gasteiger partial charge on any atom is -0.497 e. The smallest absolute Gasteiger partial charge is 0.257 e. The normalized spacial score (nSPS) is 14.4. The van der Waals surface area contributed by atoms with Gasteiger partial charge in [-0.1, -0.05) is 30.3 Å². The van der Waals surface area contributed by atoms with E-state index in [1.165, 1.54) is 5.56 Å². The summed E-state index contributed by atoms with van der Waals surface area (Å²) in [5.74, 6) is 1.91. The van der Waals surface area contributed by atoms with E-state index in [2.05, 4.69) is 34.6 Å². The van der Waals surface area contributed by atoms with Crippen LogP contribution in [0.3, 0.4) is 0 Å². The molecule has 0 atom stereocenters. The van der Waals surface area contributed by atoms with E-state index in [0.29, 0.717) is 17.3 Å². The molecule has 0 aliphatic carbocycles. The molecule has 0 spiro atoms. The van der Waals surface area contributed by atoms with Gasteiger partial charge in [0.25, 0.3) is 5.91 Å². The van der Waals surface area contributed by atoms with Gasteiger partial charge in [0.2, 0.25) is 0 Å². The van der Waals surface area contributed by atoms with E-state index in [4.69, 9.17) is 4.74 Å². The average molecular weight is 387 g/mol. The van der Waals surface area contributed by atoms with Crippen molar-refractivity contribution in [1.82, 2.24) is 9.88 Å². The van der Waals surface area contributed by atoms with Gasteiger partial charge in [0.05, 0.1) is 12.7 Å². The Bertz CT molecular complexity index is 949. The van der Waals surface area contributed by atoms with Crippen molar-refractivity contribution >= 4 is 17.4 Å². The number of rotatable bonds is 5. The van der Waals surface area contributed by atoms with Gasteiger partial charge < -0.3 is 15.0 Å². The number of methoxy groups -OCH3 is 1. The number of aromatic nitrogens is 1. The Hall–Kier alpha value is -3.34. The summed E-state index contributed by atoms with van der Waals surface area (Å²) in [6.45, 7) is 1.52. The van der Waals surface area contributed by atoms with Gasteiger partial charge in [0, 0.05) is 25.0 Å². The Morgan fingerprint density at radius 2 is 1.72 bits per heavy atom. The second kappa shape index (κ2) is 8.78. The lowest BCUT2D eigenvalue weighted by Crippen LogP contribution is -2.38. The molecule has 1 aliphatic heterocycles. The molecule has 29 heavy (non-hydrogen) atoms. The zero-order chi connectivity index (χ0) is 20.1. The molecule has 1 aliphatic rings. The predicted molar refractivity (Wildman–Crippen MR) is 115 cm³/mol. The third-order valence-corrected chi connectivity index (χ3v) is 5.44. The summed E-state index contributed by atoms with van der Waals surface area (Å²) in [4.78, 5) is 19.5. The van der Waals surface area contributed by atoms with Gasteiger partial charge >= 0.3 is 0 Å². The Balaban J connectivity index is 1.45. The lowest BCUT2D eigenvalue weighted by molar-refractivity contribution is 0.0713. The number of likely N-dealkylation sites (tertiary alicyclic amines) is 1. The third kappa shape index (κ3) is 4.40. The van der Waals surface area contributed by atoms with Crippen LogP contribution in [-0.2, 0) is 0 Å². The lowest BCUT2D eigenvalue weighted by atomic mass is 9.89. The maximum Gasteiger partial charge on any atom is 0.257 e. The van der Waals surface area contributed by atoms with E-state index in [0.717, 1.165) is 37.4 Å². The van der Waals surface area contributed by atoms with Crippen LogP contribution in [0.2, 0.25) is 0 Å². The van der Waals surface area contributed by atoms with Crippen LogP contribution in [-0.4, -0.2) is 36.0 Å². The zero-order valence-corrected chi connectivity index (χ0v) is 16.5. The molecule has 2 aromatic carbocycles. The highest BCUT2D eigenvalue weighted by molar-refractivity contribution is 5.99. The zero-order valence-electron chi connectivity index (χ0n) is 16.5. The molecule has 0 radical (unpaired) electrons. The number of carbonyl (C=O) groups is 1. The second-order valence-corrected chi connectivity index (χ2v) is 7.23. The molecule has 2 heterocycles. The van der Waals surface area contributed by atoms with E-state index in [1.807, 2.05) is 47.4 Å². The Labute approximate surface area is 171 Å². The molecular weight excluding hydrogens is 362 g/mol. The molecule has 3 aromatic rings. The van der Waals surface area contributed by atoms with Gasteiger partial charge in [-0.15, -0.1) is 0 Å². The van der Waals surface area contributed by atoms with E-state index in [-0.39, 0.29) is 5.91 Å². The first-order valence-corrected chi connectivity index (χ1v) is 9.95. The van der Waals surface area contributed by atoms with Crippen LogP contribution in [0.1, 0.15) is 34.7 Å². The van der Waals surface area contributed by atoms with Gasteiger partial charge in [-0.25, -0.2) is 4.98 Å². The van der Waals surface area contributed by atoms with E-state index < -0.39 is 0 Å². The fourth-order valence-corrected chi connectivity index (χ4v) is 3.80. The topological polar surface area (TPSA) is 54.5 Å². The van der Waals surface area contributed by atoms with Crippen LogP contribution in [0.4, 0.5) is 11.5 Å². The second-order valence-electron chi connectivity index (χ2n) is 7.23. The van der Waals surface area contributed by atoms with Crippen molar-refractivity contribution in [2.24, 2.45) is 0 Å². The fraction of sp³-hybridized carbons (Fsp3) is 0.250. The van der Waals surface area contributed by atoms with Gasteiger partial charge in [-0.05, 0) is 60.7 Å². The highest BCUT2D eigenvalue weighted by Gasteiger charge is 2.26. The van der Waals surface area contributed by atoms with Crippen LogP contribution in [0.5, 0.6) is 5.75 Å². The molecule has 5 nitrogen and oxygen atoms in total. The number of amides is 1. The standard InChI is InChI=1S/C24H25N3O2/c1-29-21-11-9-20(10-12-21)26-23-22(8-5-15-25-23)24(28)27-16-13-19(14-17-27)18-6-3-2-4-7-18/h2-12,15,19H,13-14,16-17H2,1H3,(H,25,26). The Morgan fingerprint density at radius 1 is 1.00 bits per heavy atom. The number of piperidine rings is 1. The van der Waals surface area contributed by atoms with Crippen LogP contribution < -0.4 is 10.1 Å². The molecule has 4 rings (SSSR count). The number of anilines is 2. The molecular formula is C24H25N3O2. The summed E-state index contributed by atoms with van der Waals surface area (Å²) >= 11 is 0. The van der Waals surface area contributed by atoms with Crippen molar-refractivity contribution in [1.29, 1.82) is 0 Å². The van der Waals surface area contributed by atoms with E-state index >= 15 is 0 Å². The molecule has 148 valence electrons. The molecule has 0 unspecified atom stereocenters. The summed E-state index contributed by atoms with van der Waals surface area (Å²) < 4.78 is 5.20. The van der Waals surface area contributed by atoms with Crippen molar-refractivity contribution in [3.63, 3.8) is 0 Å². The summed E-state index contributed by atoms with van der Waals surface area (Å²) in [6.07, 6.45) is 3.67. The van der Waals surface area contributed by atoms with Crippen molar-refractivity contribution in [3.8, 4) is 5.75 Å². The lowest BCUT2D eigenvalue weighted by Gasteiger charge is -2.32. The van der Waals surface area contributed by atoms with Gasteiger partial charge in [-0.3, -0.25) is 4.79 Å². The SMILES string of the molecule is COc1ccc(Nc2ncccc2C(=O)N2CCC(c3ccccc3)CC2)cc1. The predicted octanol–water partition coefficient (Wildman–Crippen LogP) is 4.85. The van der Waals surface area contributed by atoms with E-state index in [1.54, 1.807) is 13.3 Å². The largest absolute Gasteiger partial charge is 0.497 e. The number of hydrogen-bond acceptors (Lipinski definition) is 4. The number of nitrogens with zero attached hydrogens (tertiary/aromatic N) is 2. The number of pyridine rings is 1. The molecule has 1 fully saturated rings. The summed E-state index contributed by atoms with van der Waals surface area (Å²) in [6, 6.07) is 21.8. The van der Waals surface area contributed by atoms with Crippen LogP contribution in [0.25, 0.3) is 0 Å². The minimum atomic E-state index is 0.0284. The Morgan fingerprint density at radius 3 is 2.41 bits per heavy atom. The van der Waals surface area contributed by atoms with Gasteiger partial charge in [0.15, 0.2) is 0 Å². The summed E-state index contributed by atoms with van der Waals surface area (Å²) in [7, 11) is 1.64. The molecule has 0 saturated carbocycles. The average Bonchev–Trinajstić information content (AvgIpc) is 2.80. The third-order valence-electron chi connectivity index (χ3n) is 5.44. The monoisotopic (exact) mass is 387 g/mol. The number of carbonyl (C=O) groups excluding carboxylic acids is 1. The highest BCUT2D eigenvalue weighted by atomic mass is 16.5. The van der Waals surface area contributed by atoms with Gasteiger partial charge in [-0.2, -0.15) is 0 Å². The number of ether oxygens (including phenoxy) is 1. The molecule has 0 bridgehead atoms. The first-order valence-electron chi connectivity index (χ1n) is 9.95. The minimum absolute atomic E-state index is 0.0284. The van der Waals surface area contributed by atoms with Crippen LogP contribution in [0, 0.1) is 0 Å². The molecule has 1 amide bonds. The number of nitrogens with one attached hydrogen (secondary N) is 1. The van der Waals surface area contributed by atoms with Crippen LogP contribution in [0.15, 0.2) is 72.9 Å². The maximum absolute atomic E-state index is 13.2. The Kier molecular flexibility index (Phi) is 5.75. The first-order chi connectivity index (χ1) is 14.2. The molecule has 1 N–H and O–H groups in total. The molecule has 5 heteroatoms. The highest BCUT2D eigenvalue weighted by Crippen LogP contribution is 2.29. The van der Waals surface area contributed by atoms with Crippen molar-refractivity contribution in [2.75, 3.05) is 25.5 Å². The summed E-state index contributed by atoms with van der Waals surface area (Å²) in [5.41, 5.74) is 2.82. The van der Waals surface area contributed by atoms with E-state index in [9.17, 15) is 4.79 Å².